The normalized spacial score (nSPS) is 10.9. The third-order valence-electron chi connectivity index (χ3n) is 5.60. The van der Waals surface area contributed by atoms with E-state index in [1.165, 1.54) is 17.4 Å². The van der Waals surface area contributed by atoms with Gasteiger partial charge in [-0.25, -0.2) is 9.97 Å². The van der Waals surface area contributed by atoms with Crippen LogP contribution in [-0.4, -0.2) is 48.3 Å². The van der Waals surface area contributed by atoms with Gasteiger partial charge in [0.2, 0.25) is 5.75 Å². The molecular weight excluding hydrogens is 535 g/mol. The van der Waals surface area contributed by atoms with Crippen LogP contribution in [0.3, 0.4) is 0 Å². The number of aromatic nitrogens is 3. The Labute approximate surface area is 230 Å². The van der Waals surface area contributed by atoms with Crippen molar-refractivity contribution in [2.45, 2.75) is 19.9 Å². The number of benzene rings is 2. The zero-order valence-corrected chi connectivity index (χ0v) is 23.3. The van der Waals surface area contributed by atoms with Gasteiger partial charge in [0.05, 0.1) is 37.9 Å². The Morgan fingerprint density at radius 2 is 1.86 bits per heavy atom. The number of aryl methyl sites for hydroxylation is 2. The average Bonchev–Trinajstić information content (AvgIpc) is 3.54. The smallest absolute Gasteiger partial charge is 0.252 e. The largest absolute Gasteiger partial charge is 0.493 e. The van der Waals surface area contributed by atoms with Crippen LogP contribution in [0.5, 0.6) is 17.2 Å². The number of carbonyl (C=O) groups is 1. The van der Waals surface area contributed by atoms with E-state index in [0.29, 0.717) is 33.9 Å². The molecule has 0 N–H and O–H groups in total. The number of rotatable bonds is 10. The molecule has 196 valence electrons. The lowest BCUT2D eigenvalue weighted by Gasteiger charge is -2.18. The molecule has 0 aliphatic carbocycles. The molecule has 0 spiro atoms. The predicted molar refractivity (Wildman–Crippen MR) is 151 cm³/mol. The number of anilines is 1. The molecule has 2 aromatic heterocycles. The lowest BCUT2D eigenvalue weighted by atomic mass is 10.1. The first kappa shape index (κ1) is 28.3. The fourth-order valence-electron chi connectivity index (χ4n) is 3.84. The van der Waals surface area contributed by atoms with Crippen molar-refractivity contribution < 1.29 is 19.0 Å². The second-order valence-corrected chi connectivity index (χ2v) is 9.45. The lowest BCUT2D eigenvalue weighted by Crippen LogP contribution is -2.30. The number of hydrogen-bond donors (Lipinski definition) is 0. The molecule has 4 aromatic rings. The van der Waals surface area contributed by atoms with Crippen molar-refractivity contribution in [2.24, 2.45) is 0 Å². The fraction of sp³-hybridized carbons (Fsp3) is 0.269. The van der Waals surface area contributed by atoms with Gasteiger partial charge in [0, 0.05) is 36.6 Å². The Bertz CT molecular complexity index is 1360. The number of ether oxygens (including phenoxy) is 3. The Balaban J connectivity index is 0.00000380. The highest BCUT2D eigenvalue weighted by Crippen LogP contribution is 2.38. The second kappa shape index (κ2) is 12.8. The Morgan fingerprint density at radius 3 is 2.49 bits per heavy atom. The van der Waals surface area contributed by atoms with Crippen molar-refractivity contribution in [3.63, 3.8) is 0 Å². The standard InChI is InChI=1S/C26H27ClN4O4S.ClH/c1-17-12-19(27)15-22-24(17)29-26(36-22)31(10-5-9-30-11-8-28-16-30)23(32)7-6-18-13-20(33-2)25(35-4)21(14-18)34-3;/h6-8,11-16H,5,9-10H2,1-4H3;1H/b7-6+;. The van der Waals surface area contributed by atoms with Crippen molar-refractivity contribution in [1.82, 2.24) is 14.5 Å². The first-order valence-electron chi connectivity index (χ1n) is 11.3. The minimum absolute atomic E-state index is 0. The number of nitrogens with zero attached hydrogens (tertiary/aromatic N) is 4. The van der Waals surface area contributed by atoms with E-state index in [1.807, 2.05) is 29.8 Å². The van der Waals surface area contributed by atoms with Crippen molar-refractivity contribution in [1.29, 1.82) is 0 Å². The van der Waals surface area contributed by atoms with Crippen LogP contribution in [0.1, 0.15) is 17.5 Å². The van der Waals surface area contributed by atoms with Crippen LogP contribution < -0.4 is 19.1 Å². The maximum Gasteiger partial charge on any atom is 0.252 e. The summed E-state index contributed by atoms with van der Waals surface area (Å²) < 4.78 is 19.2. The van der Waals surface area contributed by atoms with Gasteiger partial charge in [-0.15, -0.1) is 12.4 Å². The zero-order chi connectivity index (χ0) is 25.7. The number of carbonyl (C=O) groups excluding carboxylic acids is 1. The van der Waals surface area contributed by atoms with E-state index in [-0.39, 0.29) is 18.3 Å². The van der Waals surface area contributed by atoms with E-state index in [2.05, 4.69) is 4.98 Å². The number of imidazole rings is 1. The van der Waals surface area contributed by atoms with Gasteiger partial charge in [-0.05, 0) is 54.8 Å². The molecule has 11 heteroatoms. The second-order valence-electron chi connectivity index (χ2n) is 8.00. The molecule has 2 heterocycles. The Kier molecular flexibility index (Phi) is 9.79. The minimum Gasteiger partial charge on any atom is -0.493 e. The molecule has 4 rings (SSSR count). The molecule has 0 aliphatic rings. The highest BCUT2D eigenvalue weighted by molar-refractivity contribution is 7.22. The van der Waals surface area contributed by atoms with Crippen LogP contribution in [0.4, 0.5) is 5.13 Å². The fourth-order valence-corrected chi connectivity index (χ4v) is 5.30. The van der Waals surface area contributed by atoms with Crippen LogP contribution in [-0.2, 0) is 11.3 Å². The van der Waals surface area contributed by atoms with E-state index in [1.54, 1.807) is 57.0 Å². The van der Waals surface area contributed by atoms with E-state index >= 15 is 0 Å². The summed E-state index contributed by atoms with van der Waals surface area (Å²) in [6.45, 7) is 3.19. The van der Waals surface area contributed by atoms with Gasteiger partial charge in [0.15, 0.2) is 16.6 Å². The lowest BCUT2D eigenvalue weighted by molar-refractivity contribution is -0.114. The molecule has 0 saturated carbocycles. The number of methoxy groups -OCH3 is 3. The van der Waals surface area contributed by atoms with Crippen LogP contribution >= 0.6 is 35.3 Å². The highest BCUT2D eigenvalue weighted by atomic mass is 35.5. The topological polar surface area (TPSA) is 78.7 Å². The van der Waals surface area contributed by atoms with Gasteiger partial charge in [0.1, 0.15) is 0 Å². The molecule has 8 nitrogen and oxygen atoms in total. The maximum atomic E-state index is 13.4. The molecule has 0 atom stereocenters. The summed E-state index contributed by atoms with van der Waals surface area (Å²) in [5, 5.41) is 1.27. The van der Waals surface area contributed by atoms with E-state index in [9.17, 15) is 4.79 Å². The van der Waals surface area contributed by atoms with Gasteiger partial charge in [-0.3, -0.25) is 9.69 Å². The first-order valence-corrected chi connectivity index (χ1v) is 12.4. The summed E-state index contributed by atoms with van der Waals surface area (Å²) >= 11 is 7.70. The van der Waals surface area contributed by atoms with Gasteiger partial charge in [-0.1, -0.05) is 22.9 Å². The summed E-state index contributed by atoms with van der Waals surface area (Å²) in [6, 6.07) is 7.34. The summed E-state index contributed by atoms with van der Waals surface area (Å²) in [5.41, 5.74) is 2.56. The summed E-state index contributed by atoms with van der Waals surface area (Å²) in [4.78, 5) is 24.0. The Morgan fingerprint density at radius 1 is 1.14 bits per heavy atom. The van der Waals surface area contributed by atoms with E-state index < -0.39 is 0 Å². The van der Waals surface area contributed by atoms with Crippen molar-refractivity contribution in [3.8, 4) is 17.2 Å². The summed E-state index contributed by atoms with van der Waals surface area (Å²) in [5.74, 6) is 1.34. The molecule has 0 unspecified atom stereocenters. The quantitative estimate of drug-likeness (QED) is 0.219. The first-order chi connectivity index (χ1) is 17.4. The molecule has 2 aromatic carbocycles. The number of halogens is 2. The molecule has 0 saturated heterocycles. The molecule has 0 fully saturated rings. The van der Waals surface area contributed by atoms with E-state index in [0.717, 1.165) is 34.3 Å². The predicted octanol–water partition coefficient (Wildman–Crippen LogP) is 6.04. The van der Waals surface area contributed by atoms with Crippen molar-refractivity contribution in [3.05, 3.63) is 65.2 Å². The minimum atomic E-state index is -0.183. The Hall–Kier alpha value is -3.27. The van der Waals surface area contributed by atoms with Crippen LogP contribution in [0.2, 0.25) is 5.02 Å². The maximum absolute atomic E-state index is 13.4. The third kappa shape index (κ3) is 6.54. The van der Waals surface area contributed by atoms with Crippen molar-refractivity contribution in [2.75, 3.05) is 32.8 Å². The summed E-state index contributed by atoms with van der Waals surface area (Å²) in [6.07, 6.45) is 9.40. The highest BCUT2D eigenvalue weighted by Gasteiger charge is 2.19. The molecular formula is C26H28Cl2N4O4S. The number of hydrogen-bond acceptors (Lipinski definition) is 7. The van der Waals surface area contributed by atoms with Crippen LogP contribution in [0.25, 0.3) is 16.3 Å². The van der Waals surface area contributed by atoms with Gasteiger partial charge in [0.25, 0.3) is 5.91 Å². The van der Waals surface area contributed by atoms with Crippen LogP contribution in [0, 0.1) is 6.92 Å². The van der Waals surface area contributed by atoms with E-state index in [4.69, 9.17) is 30.8 Å². The molecule has 0 aliphatic heterocycles. The zero-order valence-electron chi connectivity index (χ0n) is 20.9. The third-order valence-corrected chi connectivity index (χ3v) is 6.84. The SMILES string of the molecule is COc1cc(/C=C/C(=O)N(CCCn2ccnc2)c2nc3c(C)cc(Cl)cc3s2)cc(OC)c1OC.Cl. The van der Waals surface area contributed by atoms with Gasteiger partial charge in [-0.2, -0.15) is 0 Å². The number of fused-ring (bicyclic) bond motifs is 1. The summed E-state index contributed by atoms with van der Waals surface area (Å²) in [7, 11) is 4.66. The number of amides is 1. The molecule has 0 radical (unpaired) electrons. The van der Waals surface area contributed by atoms with Crippen LogP contribution in [0.15, 0.2) is 49.1 Å². The van der Waals surface area contributed by atoms with Gasteiger partial charge >= 0.3 is 0 Å². The molecule has 37 heavy (non-hydrogen) atoms. The number of thiazole rings is 1. The van der Waals surface area contributed by atoms with Gasteiger partial charge < -0.3 is 18.8 Å². The average molecular weight is 564 g/mol. The molecule has 1 amide bonds. The van der Waals surface area contributed by atoms with Crippen molar-refractivity contribution >= 4 is 62.7 Å². The molecule has 0 bridgehead atoms. The monoisotopic (exact) mass is 562 g/mol.